The van der Waals surface area contributed by atoms with E-state index in [1.165, 1.54) is 11.8 Å². The zero-order valence-electron chi connectivity index (χ0n) is 18.8. The fourth-order valence-corrected chi connectivity index (χ4v) is 5.16. The van der Waals surface area contributed by atoms with Gasteiger partial charge in [0.1, 0.15) is 10.9 Å². The summed E-state index contributed by atoms with van der Waals surface area (Å²) in [5.74, 6) is 1.12. The summed E-state index contributed by atoms with van der Waals surface area (Å²) >= 11 is 6.39. The zero-order valence-corrected chi connectivity index (χ0v) is 20.4. The number of nitrogens with zero attached hydrogens (tertiary/aromatic N) is 1. The van der Waals surface area contributed by atoms with E-state index in [4.69, 9.17) is 26.4 Å². The van der Waals surface area contributed by atoms with Gasteiger partial charge in [-0.25, -0.2) is 0 Å². The van der Waals surface area contributed by atoms with E-state index in [0.717, 1.165) is 60.4 Å². The van der Waals surface area contributed by atoms with Crippen LogP contribution >= 0.6 is 24.0 Å². The van der Waals surface area contributed by atoms with Crippen LogP contribution in [0.15, 0.2) is 47.5 Å². The number of fused-ring (bicyclic) bond motifs is 1. The summed E-state index contributed by atoms with van der Waals surface area (Å²) in [6.45, 7) is 4.66. The van der Waals surface area contributed by atoms with Crippen LogP contribution in [0, 0.1) is 0 Å². The number of ether oxygens (including phenoxy) is 3. The van der Waals surface area contributed by atoms with Crippen molar-refractivity contribution in [2.45, 2.75) is 0 Å². The molecule has 2 fully saturated rings. The summed E-state index contributed by atoms with van der Waals surface area (Å²) in [6, 6.07) is 12.2. The molecule has 0 bridgehead atoms. The molecular weight excluding hydrogens is 470 g/mol. The van der Waals surface area contributed by atoms with Gasteiger partial charge in [-0.15, -0.1) is 0 Å². The minimum Gasteiger partial charge on any atom is -0.493 e. The third-order valence-electron chi connectivity index (χ3n) is 5.86. The van der Waals surface area contributed by atoms with E-state index < -0.39 is 0 Å². The number of H-pyrrole nitrogens is 1. The number of thiocarbonyl (C=S) groups is 1. The van der Waals surface area contributed by atoms with Crippen LogP contribution in [0.4, 0.5) is 0 Å². The Morgan fingerprint density at radius 1 is 1.21 bits per heavy atom. The van der Waals surface area contributed by atoms with Gasteiger partial charge in [0.15, 0.2) is 11.5 Å². The predicted octanol–water partition coefficient (Wildman–Crippen LogP) is 4.04. The molecular formula is C25H25N3O4S2. The van der Waals surface area contributed by atoms with Crippen LogP contribution in [-0.2, 0) is 9.53 Å². The van der Waals surface area contributed by atoms with E-state index in [9.17, 15) is 4.79 Å². The highest BCUT2D eigenvalue weighted by molar-refractivity contribution is 8.26. The minimum absolute atomic E-state index is 0.185. The number of hydrogen-bond acceptors (Lipinski definition) is 7. The van der Waals surface area contributed by atoms with Crippen LogP contribution in [0.3, 0.4) is 0 Å². The number of rotatable bonds is 7. The Morgan fingerprint density at radius 2 is 2.06 bits per heavy atom. The third-order valence-corrected chi connectivity index (χ3v) is 7.02. The van der Waals surface area contributed by atoms with Gasteiger partial charge >= 0.3 is 0 Å². The predicted molar refractivity (Wildman–Crippen MR) is 139 cm³/mol. The van der Waals surface area contributed by atoms with Gasteiger partial charge in [-0.2, -0.15) is 0 Å². The molecule has 9 heteroatoms. The summed E-state index contributed by atoms with van der Waals surface area (Å²) in [7, 11) is 1.63. The van der Waals surface area contributed by atoms with Crippen LogP contribution in [0.25, 0.3) is 28.1 Å². The third kappa shape index (κ3) is 4.97. The van der Waals surface area contributed by atoms with E-state index in [1.807, 2.05) is 30.5 Å². The molecule has 0 aliphatic carbocycles. The van der Waals surface area contributed by atoms with Crippen molar-refractivity contribution in [3.8, 4) is 22.6 Å². The lowest BCUT2D eigenvalue weighted by atomic mass is 9.99. The Labute approximate surface area is 207 Å². The molecule has 2 saturated heterocycles. The average Bonchev–Trinajstić information content (AvgIpc) is 3.44. The molecule has 0 spiro atoms. The number of hydrogen-bond donors (Lipinski definition) is 2. The number of thioether (sulfide) groups is 1. The molecule has 1 aromatic heterocycles. The quantitative estimate of drug-likeness (QED) is 0.378. The number of methoxy groups -OCH3 is 1. The van der Waals surface area contributed by atoms with Crippen molar-refractivity contribution in [3.05, 3.63) is 53.1 Å². The Kier molecular flexibility index (Phi) is 6.87. The lowest BCUT2D eigenvalue weighted by molar-refractivity contribution is -0.115. The monoisotopic (exact) mass is 495 g/mol. The van der Waals surface area contributed by atoms with Crippen molar-refractivity contribution >= 4 is 51.2 Å². The van der Waals surface area contributed by atoms with Gasteiger partial charge in [-0.05, 0) is 52.9 Å². The van der Waals surface area contributed by atoms with Crippen LogP contribution in [0.2, 0.25) is 0 Å². The normalized spacial score (nSPS) is 18.0. The van der Waals surface area contributed by atoms with Gasteiger partial charge < -0.3 is 24.5 Å². The second-order valence-corrected chi connectivity index (χ2v) is 9.75. The lowest BCUT2D eigenvalue weighted by Gasteiger charge is -2.26. The first-order valence-corrected chi connectivity index (χ1v) is 12.3. The molecule has 0 unspecified atom stereocenters. The first-order valence-electron chi connectivity index (χ1n) is 11.1. The van der Waals surface area contributed by atoms with Crippen LogP contribution in [0.5, 0.6) is 11.5 Å². The van der Waals surface area contributed by atoms with E-state index in [2.05, 4.69) is 33.4 Å². The van der Waals surface area contributed by atoms with Crippen molar-refractivity contribution < 1.29 is 19.0 Å². The molecule has 7 nitrogen and oxygen atoms in total. The van der Waals surface area contributed by atoms with E-state index in [1.54, 1.807) is 7.11 Å². The molecule has 0 saturated carbocycles. The van der Waals surface area contributed by atoms with Gasteiger partial charge in [-0.1, -0.05) is 30.0 Å². The highest BCUT2D eigenvalue weighted by atomic mass is 32.2. The second-order valence-electron chi connectivity index (χ2n) is 8.03. The highest BCUT2D eigenvalue weighted by Crippen LogP contribution is 2.41. The molecule has 5 rings (SSSR count). The number of amides is 1. The number of carbonyl (C=O) groups excluding carboxylic acids is 1. The number of aromatic nitrogens is 1. The smallest absolute Gasteiger partial charge is 0.263 e. The summed E-state index contributed by atoms with van der Waals surface area (Å²) in [5, 5.41) is 3.77. The molecule has 34 heavy (non-hydrogen) atoms. The highest BCUT2D eigenvalue weighted by Gasteiger charge is 2.23. The fourth-order valence-electron chi connectivity index (χ4n) is 4.12. The van der Waals surface area contributed by atoms with E-state index in [-0.39, 0.29) is 5.91 Å². The summed E-state index contributed by atoms with van der Waals surface area (Å²) < 4.78 is 18.0. The second kappa shape index (κ2) is 10.2. The van der Waals surface area contributed by atoms with Gasteiger partial charge in [0.25, 0.3) is 5.91 Å². The van der Waals surface area contributed by atoms with Crippen molar-refractivity contribution in [1.29, 1.82) is 0 Å². The van der Waals surface area contributed by atoms with Crippen molar-refractivity contribution in [2.24, 2.45) is 0 Å². The minimum atomic E-state index is -0.185. The molecule has 0 radical (unpaired) electrons. The maximum Gasteiger partial charge on any atom is 0.263 e. The number of aromatic amines is 1. The molecule has 1 amide bonds. The number of carbonyl (C=O) groups is 1. The number of nitrogens with one attached hydrogen (secondary N) is 2. The zero-order chi connectivity index (χ0) is 23.5. The molecule has 0 atom stereocenters. The van der Waals surface area contributed by atoms with Crippen LogP contribution in [0.1, 0.15) is 5.56 Å². The molecule has 176 valence electrons. The van der Waals surface area contributed by atoms with Crippen LogP contribution in [-0.4, -0.2) is 66.7 Å². The Bertz CT molecular complexity index is 1260. The van der Waals surface area contributed by atoms with Gasteiger partial charge in [-0.3, -0.25) is 9.69 Å². The maximum absolute atomic E-state index is 12.2. The SMILES string of the molecule is COc1cc(C=C2SC(=S)NC2=O)cc(-c2ccc3[nH]ccc3c2)c1OCCN1CCOCC1. The Hall–Kier alpha value is -2.85. The van der Waals surface area contributed by atoms with Gasteiger partial charge in [0, 0.05) is 36.9 Å². The van der Waals surface area contributed by atoms with E-state index in [0.29, 0.717) is 27.3 Å². The lowest BCUT2D eigenvalue weighted by Crippen LogP contribution is -2.38. The van der Waals surface area contributed by atoms with Crippen molar-refractivity contribution in [3.63, 3.8) is 0 Å². The van der Waals surface area contributed by atoms with Crippen molar-refractivity contribution in [2.75, 3.05) is 46.6 Å². The largest absolute Gasteiger partial charge is 0.493 e. The van der Waals surface area contributed by atoms with Crippen LogP contribution < -0.4 is 14.8 Å². The summed E-state index contributed by atoms with van der Waals surface area (Å²) in [6.07, 6.45) is 3.76. The summed E-state index contributed by atoms with van der Waals surface area (Å²) in [5.41, 5.74) is 3.81. The molecule has 2 N–H and O–H groups in total. The molecule has 2 aromatic carbocycles. The van der Waals surface area contributed by atoms with Crippen molar-refractivity contribution in [1.82, 2.24) is 15.2 Å². The standard InChI is InChI=1S/C25H25N3O4S2/c1-30-21-13-16(14-22-24(29)27-25(33)34-22)12-19(17-2-3-20-18(15-17)4-5-26-20)23(21)32-11-8-28-6-9-31-10-7-28/h2-5,12-15,26H,6-11H2,1H3,(H,27,29,33). The summed E-state index contributed by atoms with van der Waals surface area (Å²) in [4.78, 5) is 18.3. The Morgan fingerprint density at radius 3 is 2.82 bits per heavy atom. The average molecular weight is 496 g/mol. The molecule has 2 aliphatic rings. The molecule has 3 aromatic rings. The first kappa shape index (κ1) is 22.9. The van der Waals surface area contributed by atoms with E-state index >= 15 is 0 Å². The first-order chi connectivity index (χ1) is 16.6. The number of benzene rings is 2. The Balaban J connectivity index is 1.52. The molecule has 3 heterocycles. The fraction of sp³-hybridized carbons (Fsp3) is 0.280. The van der Waals surface area contributed by atoms with Gasteiger partial charge in [0.05, 0.1) is 25.2 Å². The molecule has 2 aliphatic heterocycles. The maximum atomic E-state index is 12.2. The van der Waals surface area contributed by atoms with Gasteiger partial charge in [0.2, 0.25) is 0 Å². The number of morpholine rings is 1. The topological polar surface area (TPSA) is 75.8 Å².